The van der Waals surface area contributed by atoms with Gasteiger partial charge in [-0.3, -0.25) is 0 Å². The summed E-state index contributed by atoms with van der Waals surface area (Å²) in [7, 11) is 0. The first-order valence-electron chi connectivity index (χ1n) is 0.532. The summed E-state index contributed by atoms with van der Waals surface area (Å²) in [6, 6.07) is 0. The van der Waals surface area contributed by atoms with Crippen LogP contribution in [0.1, 0.15) is 0 Å². The van der Waals surface area contributed by atoms with Gasteiger partial charge in [0.05, 0.1) is 0 Å². The van der Waals surface area contributed by atoms with Crippen molar-refractivity contribution in [3.8, 4) is 0 Å². The van der Waals surface area contributed by atoms with E-state index in [-0.39, 0.29) is 43.4 Å². The Bertz CT molecular complexity index is 33.8. The molecule has 0 aromatic heterocycles. The van der Waals surface area contributed by atoms with Crippen molar-refractivity contribution in [2.24, 2.45) is 0 Å². The Morgan fingerprint density at radius 3 is 1.33 bits per heavy atom. The van der Waals surface area contributed by atoms with Gasteiger partial charge in [-0.05, 0) is 0 Å². The van der Waals surface area contributed by atoms with Gasteiger partial charge in [0.1, 0.15) is 0 Å². The molecular weight excluding hydrogens is 379 g/mol. The molecule has 0 aromatic carbocycles. The standard InChI is InChI=1S/Ag.Mo.H2O3Te/c;;1-4(2)3/h;;(H2,1,2,3). The van der Waals surface area contributed by atoms with Gasteiger partial charge in [-0.15, -0.1) is 0 Å². The van der Waals surface area contributed by atoms with E-state index in [9.17, 15) is 0 Å². The quantitative estimate of drug-likeness (QED) is 0.496. The van der Waals surface area contributed by atoms with Gasteiger partial charge in [-0.2, -0.15) is 0 Å². The molecule has 0 saturated carbocycles. The fraction of sp³-hybridized carbons (Fsp3) is 0. The molecule has 0 aliphatic rings. The van der Waals surface area contributed by atoms with Gasteiger partial charge in [0.15, 0.2) is 0 Å². The summed E-state index contributed by atoms with van der Waals surface area (Å²) in [5.74, 6) is 0. The molecule has 0 aliphatic carbocycles. The fourth-order valence-electron chi connectivity index (χ4n) is 0. The minimum Gasteiger partial charge on any atom is 0 e. The molecule has 0 aliphatic heterocycles. The maximum atomic E-state index is 8.81. The van der Waals surface area contributed by atoms with Crippen LogP contribution in [-0.4, -0.2) is 27.3 Å². The normalized spacial score (nSPS) is 5.83. The van der Waals surface area contributed by atoms with E-state index >= 15 is 0 Å². The van der Waals surface area contributed by atoms with Crippen molar-refractivity contribution in [3.05, 3.63) is 0 Å². The first kappa shape index (κ1) is 15.7. The molecule has 0 fully saturated rings. The zero-order chi connectivity index (χ0) is 3.58. The second kappa shape index (κ2) is 10.0. The third-order valence-corrected chi connectivity index (χ3v) is 0. The Morgan fingerprint density at radius 2 is 1.33 bits per heavy atom. The van der Waals surface area contributed by atoms with Crippen molar-refractivity contribution in [3.63, 3.8) is 0 Å². The molecule has 0 unspecified atom stereocenters. The van der Waals surface area contributed by atoms with E-state index in [1.807, 2.05) is 0 Å². The fourth-order valence-corrected chi connectivity index (χ4v) is 0. The van der Waals surface area contributed by atoms with Gasteiger partial charge in [0.2, 0.25) is 0 Å². The minimum atomic E-state index is -3.61. The van der Waals surface area contributed by atoms with Crippen LogP contribution in [0.4, 0.5) is 0 Å². The van der Waals surface area contributed by atoms with Gasteiger partial charge >= 0.3 is 30.4 Å². The molecule has 6 heteroatoms. The van der Waals surface area contributed by atoms with Gasteiger partial charge in [0.25, 0.3) is 0 Å². The van der Waals surface area contributed by atoms with Gasteiger partial charge in [-0.1, -0.05) is 0 Å². The third kappa shape index (κ3) is 38.5. The maximum Gasteiger partial charge on any atom is 0 e. The minimum absolute atomic E-state index is 0. The average molecular weight is 381 g/mol. The zero-order valence-electron chi connectivity index (χ0n) is 2.42. The van der Waals surface area contributed by atoms with E-state index in [4.69, 9.17) is 10.0 Å². The Hall–Kier alpha value is 1.94. The molecule has 0 bridgehead atoms. The van der Waals surface area contributed by atoms with Crippen molar-refractivity contribution in [1.29, 1.82) is 0 Å². The van der Waals surface area contributed by atoms with Gasteiger partial charge in [0, 0.05) is 43.4 Å². The number of hydrogen-bond donors (Lipinski definition) is 2. The van der Waals surface area contributed by atoms with E-state index in [1.165, 1.54) is 0 Å². The van der Waals surface area contributed by atoms with Crippen LogP contribution in [0, 0.1) is 0 Å². The first-order valence-corrected chi connectivity index (χ1v) is 3.57. The van der Waals surface area contributed by atoms with Crippen molar-refractivity contribution >= 4 is 20.4 Å². The third-order valence-electron chi connectivity index (χ3n) is 0. The predicted molar refractivity (Wildman–Crippen MR) is 10.9 cm³/mol. The maximum absolute atomic E-state index is 8.81. The van der Waals surface area contributed by atoms with E-state index in [1.54, 1.807) is 0 Å². The number of rotatable bonds is 0. The van der Waals surface area contributed by atoms with E-state index < -0.39 is 20.4 Å². The Labute approximate surface area is 73.0 Å². The van der Waals surface area contributed by atoms with E-state index in [2.05, 4.69) is 0 Å². The van der Waals surface area contributed by atoms with Crippen LogP contribution < -0.4 is 0 Å². The van der Waals surface area contributed by atoms with Crippen molar-refractivity contribution in [2.75, 3.05) is 0 Å². The molecule has 0 spiro atoms. The van der Waals surface area contributed by atoms with Crippen molar-refractivity contribution < 1.29 is 53.5 Å². The van der Waals surface area contributed by atoms with E-state index in [0.717, 1.165) is 0 Å². The Morgan fingerprint density at radius 1 is 1.33 bits per heavy atom. The summed E-state index contributed by atoms with van der Waals surface area (Å²) in [5, 5.41) is 0. The smallest absolute Gasteiger partial charge is 0 e. The summed E-state index contributed by atoms with van der Waals surface area (Å²) < 4.78 is 23.3. The Balaban J connectivity index is -0.0000000450. The summed E-state index contributed by atoms with van der Waals surface area (Å²) in [6.45, 7) is 0. The molecule has 0 amide bonds. The molecule has 3 nitrogen and oxygen atoms in total. The first-order chi connectivity index (χ1) is 1.73. The summed E-state index contributed by atoms with van der Waals surface area (Å²) in [5.41, 5.74) is 0. The molecule has 0 rings (SSSR count). The monoisotopic (exact) mass is 385 g/mol. The Kier molecular flexibility index (Phi) is 26.2. The van der Waals surface area contributed by atoms with Crippen LogP contribution in [0.25, 0.3) is 0 Å². The molecular formula is H2AgMoO3Te. The molecule has 0 heterocycles. The topological polar surface area (TPSA) is 57.5 Å². The summed E-state index contributed by atoms with van der Waals surface area (Å²) >= 11 is -3.61. The van der Waals surface area contributed by atoms with Crippen LogP contribution >= 0.6 is 0 Å². The van der Waals surface area contributed by atoms with E-state index in [0.29, 0.717) is 0 Å². The summed E-state index contributed by atoms with van der Waals surface area (Å²) in [4.78, 5) is 0. The molecule has 0 aromatic rings. The van der Waals surface area contributed by atoms with Crippen LogP contribution in [0.2, 0.25) is 0 Å². The number of hydrogen-bond acceptors (Lipinski definition) is 1. The molecule has 6 heavy (non-hydrogen) atoms. The van der Waals surface area contributed by atoms with Crippen molar-refractivity contribution in [2.45, 2.75) is 0 Å². The molecule has 1 radical (unpaired) electrons. The molecule has 43 valence electrons. The largest absolute Gasteiger partial charge is 0 e. The van der Waals surface area contributed by atoms with Gasteiger partial charge < -0.3 is 0 Å². The second-order valence-corrected chi connectivity index (χ2v) is 1.55. The molecule has 0 atom stereocenters. The SMILES string of the molecule is O=[Te](O)O.[Ag].[Mo]. The van der Waals surface area contributed by atoms with Crippen LogP contribution in [-0.2, 0) is 46.5 Å². The zero-order valence-corrected chi connectivity index (χ0v) is 8.24. The predicted octanol–water partition coefficient (Wildman–Crippen LogP) is -1.62. The van der Waals surface area contributed by atoms with Gasteiger partial charge in [-0.25, -0.2) is 0 Å². The van der Waals surface area contributed by atoms with Crippen LogP contribution in [0.15, 0.2) is 0 Å². The van der Waals surface area contributed by atoms with Crippen LogP contribution in [0.5, 0.6) is 0 Å². The van der Waals surface area contributed by atoms with Crippen molar-refractivity contribution in [1.82, 2.24) is 0 Å². The second-order valence-electron chi connectivity index (χ2n) is 0.231. The molecule has 2 N–H and O–H groups in total. The average Bonchev–Trinajstić information content (AvgIpc) is 0.811. The summed E-state index contributed by atoms with van der Waals surface area (Å²) in [6.07, 6.45) is 0. The van der Waals surface area contributed by atoms with Crippen LogP contribution in [0.3, 0.4) is 0 Å². The molecule has 0 saturated heterocycles.